The van der Waals surface area contributed by atoms with Gasteiger partial charge in [0.1, 0.15) is 0 Å². The molecule has 7 heteroatoms. The highest BCUT2D eigenvalue weighted by Crippen LogP contribution is 2.17. The number of benzene rings is 1. The summed E-state index contributed by atoms with van der Waals surface area (Å²) in [5.74, 6) is 0.235. The van der Waals surface area contributed by atoms with Crippen LogP contribution in [0.15, 0.2) is 24.3 Å². The first-order valence-corrected chi connectivity index (χ1v) is 9.67. The van der Waals surface area contributed by atoms with Gasteiger partial charge in [-0.3, -0.25) is 4.79 Å². The van der Waals surface area contributed by atoms with E-state index in [4.69, 9.17) is 10.5 Å². The van der Waals surface area contributed by atoms with Gasteiger partial charge in [0.2, 0.25) is 5.91 Å². The molecule has 2 aliphatic rings. The first kappa shape index (κ1) is 24.0. The number of carbonyl (C=O) groups is 1. The number of carbonyl (C=O) groups excluding carboxylic acids is 1. The van der Waals surface area contributed by atoms with E-state index in [0.29, 0.717) is 12.5 Å². The first-order valence-electron chi connectivity index (χ1n) is 9.67. The van der Waals surface area contributed by atoms with Crippen LogP contribution >= 0.6 is 24.8 Å². The monoisotopic (exact) mass is 417 g/mol. The van der Waals surface area contributed by atoms with E-state index < -0.39 is 0 Å². The molecule has 1 amide bonds. The lowest BCUT2D eigenvalue weighted by Gasteiger charge is -2.32. The highest BCUT2D eigenvalue weighted by molar-refractivity contribution is 5.85. The van der Waals surface area contributed by atoms with Crippen LogP contribution in [0.25, 0.3) is 0 Å². The maximum Gasteiger partial charge on any atom is 0.222 e. The van der Waals surface area contributed by atoms with Crippen LogP contribution in [-0.4, -0.2) is 61.1 Å². The van der Waals surface area contributed by atoms with Crippen LogP contribution < -0.4 is 5.73 Å². The molecule has 5 nitrogen and oxygen atoms in total. The number of halogens is 2. The number of amides is 1. The first-order chi connectivity index (χ1) is 12.2. The molecule has 2 saturated heterocycles. The molecule has 27 heavy (non-hydrogen) atoms. The summed E-state index contributed by atoms with van der Waals surface area (Å²) in [6, 6.07) is 7.80. The lowest BCUT2D eigenvalue weighted by atomic mass is 10.0. The van der Waals surface area contributed by atoms with Crippen molar-refractivity contribution in [3.8, 4) is 0 Å². The lowest BCUT2D eigenvalue weighted by molar-refractivity contribution is -0.133. The molecule has 0 atom stereocenters. The van der Waals surface area contributed by atoms with E-state index in [9.17, 15) is 4.79 Å². The lowest BCUT2D eigenvalue weighted by Crippen LogP contribution is -2.41. The molecule has 0 aromatic heterocycles. The number of likely N-dealkylation sites (tertiary alicyclic amines) is 2. The SMILES string of the molecule is Cl.Cl.Nc1ccccc1CCC(=O)N1CCC(OCCN2CCCC2)CC1. The molecule has 0 unspecified atom stereocenters. The second kappa shape index (κ2) is 12.4. The van der Waals surface area contributed by atoms with Crippen molar-refractivity contribution in [1.82, 2.24) is 9.80 Å². The van der Waals surface area contributed by atoms with E-state index in [1.54, 1.807) is 0 Å². The molecule has 2 aliphatic heterocycles. The van der Waals surface area contributed by atoms with E-state index in [-0.39, 0.29) is 30.7 Å². The van der Waals surface area contributed by atoms with Gasteiger partial charge in [0, 0.05) is 31.7 Å². The highest BCUT2D eigenvalue weighted by Gasteiger charge is 2.23. The molecule has 0 saturated carbocycles. The quantitative estimate of drug-likeness (QED) is 0.692. The second-order valence-electron chi connectivity index (χ2n) is 7.20. The number of nitrogens with two attached hydrogens (primary N) is 1. The summed E-state index contributed by atoms with van der Waals surface area (Å²) < 4.78 is 6.02. The average molecular weight is 418 g/mol. The maximum absolute atomic E-state index is 12.4. The fraction of sp³-hybridized carbons (Fsp3) is 0.650. The molecular formula is C20H33Cl2N3O2. The summed E-state index contributed by atoms with van der Waals surface area (Å²) in [6.45, 7) is 5.96. The molecule has 3 rings (SSSR count). The minimum Gasteiger partial charge on any atom is -0.399 e. The predicted octanol–water partition coefficient (Wildman–Crippen LogP) is 3.15. The summed E-state index contributed by atoms with van der Waals surface area (Å²) in [5.41, 5.74) is 7.79. The van der Waals surface area contributed by atoms with Crippen molar-refractivity contribution in [3.63, 3.8) is 0 Å². The molecule has 1 aromatic rings. The fourth-order valence-electron chi connectivity index (χ4n) is 3.79. The summed E-state index contributed by atoms with van der Waals surface area (Å²) in [4.78, 5) is 16.9. The second-order valence-corrected chi connectivity index (χ2v) is 7.20. The largest absolute Gasteiger partial charge is 0.399 e. The molecule has 0 radical (unpaired) electrons. The Morgan fingerprint density at radius 2 is 1.74 bits per heavy atom. The standard InChI is InChI=1S/C20H31N3O2.2ClH/c21-19-6-2-1-5-17(19)7-8-20(24)23-13-9-18(10-14-23)25-16-15-22-11-3-4-12-22;;/h1-2,5-6,18H,3-4,7-16,21H2;2*1H. The molecular weight excluding hydrogens is 385 g/mol. The van der Waals surface area contributed by atoms with Gasteiger partial charge in [-0.2, -0.15) is 0 Å². The zero-order valence-corrected chi connectivity index (χ0v) is 17.6. The Morgan fingerprint density at radius 3 is 2.41 bits per heavy atom. The number of hydrogen-bond acceptors (Lipinski definition) is 4. The minimum atomic E-state index is 0. The molecule has 2 fully saturated rings. The van der Waals surface area contributed by atoms with Gasteiger partial charge < -0.3 is 20.3 Å². The van der Waals surface area contributed by atoms with Crippen molar-refractivity contribution in [3.05, 3.63) is 29.8 Å². The maximum atomic E-state index is 12.4. The van der Waals surface area contributed by atoms with Crippen molar-refractivity contribution in [2.24, 2.45) is 0 Å². The van der Waals surface area contributed by atoms with E-state index in [0.717, 1.165) is 56.8 Å². The number of nitrogens with zero attached hydrogens (tertiary/aromatic N) is 2. The Bertz CT molecular complexity index is 560. The van der Waals surface area contributed by atoms with Crippen LogP contribution in [0.5, 0.6) is 0 Å². The van der Waals surface area contributed by atoms with Crippen molar-refractivity contribution in [2.45, 2.75) is 44.6 Å². The number of aryl methyl sites for hydroxylation is 1. The van der Waals surface area contributed by atoms with Gasteiger partial charge >= 0.3 is 0 Å². The van der Waals surface area contributed by atoms with Gasteiger partial charge in [-0.25, -0.2) is 0 Å². The molecule has 154 valence electrons. The van der Waals surface area contributed by atoms with Crippen LogP contribution in [0, 0.1) is 0 Å². The van der Waals surface area contributed by atoms with Crippen molar-refractivity contribution >= 4 is 36.4 Å². The smallest absolute Gasteiger partial charge is 0.222 e. The topological polar surface area (TPSA) is 58.8 Å². The number of hydrogen-bond donors (Lipinski definition) is 1. The van der Waals surface area contributed by atoms with Crippen molar-refractivity contribution < 1.29 is 9.53 Å². The number of ether oxygens (including phenoxy) is 1. The van der Waals surface area contributed by atoms with Crippen LogP contribution in [0.3, 0.4) is 0 Å². The van der Waals surface area contributed by atoms with Crippen LogP contribution in [0.1, 0.15) is 37.7 Å². The van der Waals surface area contributed by atoms with Gasteiger partial charge in [-0.1, -0.05) is 18.2 Å². The summed E-state index contributed by atoms with van der Waals surface area (Å²) in [5, 5.41) is 0. The van der Waals surface area contributed by atoms with Gasteiger partial charge in [0.25, 0.3) is 0 Å². The van der Waals surface area contributed by atoms with Gasteiger partial charge in [-0.15, -0.1) is 24.8 Å². The third-order valence-electron chi connectivity index (χ3n) is 5.42. The van der Waals surface area contributed by atoms with Crippen molar-refractivity contribution in [1.29, 1.82) is 0 Å². The van der Waals surface area contributed by atoms with Crippen molar-refractivity contribution in [2.75, 3.05) is 45.1 Å². The number of nitrogen functional groups attached to an aromatic ring is 1. The van der Waals surface area contributed by atoms with Gasteiger partial charge in [0.05, 0.1) is 12.7 Å². The Kier molecular flexibility index (Phi) is 11.1. The third kappa shape index (κ3) is 7.49. The average Bonchev–Trinajstić information content (AvgIpc) is 3.15. The van der Waals surface area contributed by atoms with Gasteiger partial charge in [0.15, 0.2) is 0 Å². The minimum absolute atomic E-state index is 0. The van der Waals surface area contributed by atoms with Gasteiger partial charge in [-0.05, 0) is 56.8 Å². The fourth-order valence-corrected chi connectivity index (χ4v) is 3.79. The van der Waals surface area contributed by atoms with E-state index >= 15 is 0 Å². The number of rotatable bonds is 7. The summed E-state index contributed by atoms with van der Waals surface area (Å²) in [6.07, 6.45) is 6.14. The van der Waals surface area contributed by atoms with E-state index in [2.05, 4.69) is 4.90 Å². The molecule has 2 heterocycles. The molecule has 0 bridgehead atoms. The Balaban J connectivity index is 0.00000182. The zero-order valence-electron chi connectivity index (χ0n) is 16.0. The summed E-state index contributed by atoms with van der Waals surface area (Å²) >= 11 is 0. The Morgan fingerprint density at radius 1 is 1.07 bits per heavy atom. The Labute approximate surface area is 175 Å². The van der Waals surface area contributed by atoms with Crippen LogP contribution in [0.4, 0.5) is 5.69 Å². The molecule has 1 aromatic carbocycles. The van der Waals surface area contributed by atoms with Crippen LogP contribution in [0.2, 0.25) is 0 Å². The molecule has 0 spiro atoms. The van der Waals surface area contributed by atoms with Crippen LogP contribution in [-0.2, 0) is 16.0 Å². The zero-order chi connectivity index (χ0) is 17.5. The predicted molar refractivity (Wildman–Crippen MR) is 115 cm³/mol. The number of para-hydroxylation sites is 1. The highest BCUT2D eigenvalue weighted by atomic mass is 35.5. The van der Waals surface area contributed by atoms with E-state index in [1.165, 1.54) is 25.9 Å². The van der Waals surface area contributed by atoms with E-state index in [1.807, 2.05) is 29.2 Å². The Hall–Kier alpha value is -1.01. The number of anilines is 1. The number of piperidine rings is 1. The third-order valence-corrected chi connectivity index (χ3v) is 5.42. The normalized spacial score (nSPS) is 18.0. The summed E-state index contributed by atoms with van der Waals surface area (Å²) in [7, 11) is 0. The molecule has 0 aliphatic carbocycles. The molecule has 2 N–H and O–H groups in total.